The van der Waals surface area contributed by atoms with Crippen molar-refractivity contribution >= 4 is 5.91 Å². The Kier molecular flexibility index (Phi) is 5.37. The first-order chi connectivity index (χ1) is 10.0. The van der Waals surface area contributed by atoms with Gasteiger partial charge in [0, 0.05) is 30.7 Å². The van der Waals surface area contributed by atoms with E-state index in [0.29, 0.717) is 6.54 Å². The van der Waals surface area contributed by atoms with Crippen LogP contribution in [0.1, 0.15) is 36.7 Å². The third kappa shape index (κ3) is 4.29. The molecule has 0 saturated carbocycles. The zero-order chi connectivity index (χ0) is 15.3. The van der Waals surface area contributed by atoms with Crippen molar-refractivity contribution in [3.8, 4) is 0 Å². The van der Waals surface area contributed by atoms with Crippen molar-refractivity contribution in [1.82, 2.24) is 10.2 Å². The molecular weight excluding hydrogens is 264 g/mol. The lowest BCUT2D eigenvalue weighted by molar-refractivity contribution is -0.00923. The molecule has 0 bridgehead atoms. The van der Waals surface area contributed by atoms with Crippen molar-refractivity contribution in [2.75, 3.05) is 32.8 Å². The van der Waals surface area contributed by atoms with E-state index in [0.717, 1.165) is 38.3 Å². The van der Waals surface area contributed by atoms with Crippen LogP contribution in [-0.4, -0.2) is 49.2 Å². The minimum Gasteiger partial charge on any atom is -0.379 e. The molecule has 0 aromatic heterocycles. The fourth-order valence-electron chi connectivity index (χ4n) is 2.57. The molecule has 1 saturated heterocycles. The number of carbonyl (C=O) groups excluding carboxylic acids is 1. The number of benzene rings is 1. The predicted molar refractivity (Wildman–Crippen MR) is 84.6 cm³/mol. The summed E-state index contributed by atoms with van der Waals surface area (Å²) in [7, 11) is 0. The topological polar surface area (TPSA) is 41.6 Å². The molecule has 1 aromatic carbocycles. The maximum atomic E-state index is 12.2. The molecule has 1 aliphatic heterocycles. The van der Waals surface area contributed by atoms with Gasteiger partial charge in [0.15, 0.2) is 0 Å². The smallest absolute Gasteiger partial charge is 0.251 e. The van der Waals surface area contributed by atoms with E-state index in [1.807, 2.05) is 24.3 Å². The van der Waals surface area contributed by atoms with Gasteiger partial charge in [-0.15, -0.1) is 0 Å². The summed E-state index contributed by atoms with van der Waals surface area (Å²) in [6.45, 7) is 10.5. The van der Waals surface area contributed by atoms with Crippen molar-refractivity contribution in [2.45, 2.75) is 32.7 Å². The standard InChI is InChI=1S/C17H26N2O2/c1-4-14-5-7-15(8-6-14)16(20)18-13-17(2,3)19-9-11-21-12-10-19/h5-8H,4,9-13H2,1-3H3,(H,18,20). The molecule has 4 nitrogen and oxygen atoms in total. The Bertz CT molecular complexity index is 462. The van der Waals surface area contributed by atoms with E-state index in [1.54, 1.807) is 0 Å². The highest BCUT2D eigenvalue weighted by Gasteiger charge is 2.28. The second-order valence-electron chi connectivity index (χ2n) is 6.15. The molecular formula is C17H26N2O2. The van der Waals surface area contributed by atoms with E-state index < -0.39 is 0 Å². The van der Waals surface area contributed by atoms with Crippen LogP contribution in [-0.2, 0) is 11.2 Å². The molecule has 0 atom stereocenters. The Labute approximate surface area is 127 Å². The van der Waals surface area contributed by atoms with E-state index in [2.05, 4.69) is 31.0 Å². The van der Waals surface area contributed by atoms with Gasteiger partial charge in [-0.1, -0.05) is 19.1 Å². The van der Waals surface area contributed by atoms with E-state index >= 15 is 0 Å². The van der Waals surface area contributed by atoms with Crippen LogP contribution in [0, 0.1) is 0 Å². The summed E-state index contributed by atoms with van der Waals surface area (Å²) in [4.78, 5) is 14.6. The third-order valence-electron chi connectivity index (χ3n) is 4.17. The van der Waals surface area contributed by atoms with Crippen molar-refractivity contribution < 1.29 is 9.53 Å². The summed E-state index contributed by atoms with van der Waals surface area (Å²) in [6.07, 6.45) is 0.992. The Morgan fingerprint density at radius 3 is 2.43 bits per heavy atom. The second kappa shape index (κ2) is 7.05. The minimum absolute atomic E-state index is 0.000938. The number of aryl methyl sites for hydroxylation is 1. The maximum Gasteiger partial charge on any atom is 0.251 e. The zero-order valence-corrected chi connectivity index (χ0v) is 13.3. The Morgan fingerprint density at radius 1 is 1.24 bits per heavy atom. The predicted octanol–water partition coefficient (Wildman–Crippen LogP) is 2.09. The number of carbonyl (C=O) groups is 1. The van der Waals surface area contributed by atoms with Gasteiger partial charge < -0.3 is 10.1 Å². The Hall–Kier alpha value is -1.39. The lowest BCUT2D eigenvalue weighted by Gasteiger charge is -2.40. The molecule has 1 aliphatic rings. The van der Waals surface area contributed by atoms with E-state index in [9.17, 15) is 4.79 Å². The van der Waals surface area contributed by atoms with Crippen LogP contribution in [0.3, 0.4) is 0 Å². The molecule has 0 aliphatic carbocycles. The highest BCUT2D eigenvalue weighted by Crippen LogP contribution is 2.15. The molecule has 4 heteroatoms. The largest absolute Gasteiger partial charge is 0.379 e. The Morgan fingerprint density at radius 2 is 1.86 bits per heavy atom. The number of ether oxygens (including phenoxy) is 1. The molecule has 0 radical (unpaired) electrons. The average molecular weight is 290 g/mol. The van der Waals surface area contributed by atoms with Gasteiger partial charge in [-0.05, 0) is 38.0 Å². The van der Waals surface area contributed by atoms with E-state index in [4.69, 9.17) is 4.74 Å². The number of hydrogen-bond acceptors (Lipinski definition) is 3. The summed E-state index contributed by atoms with van der Waals surface area (Å²) in [6, 6.07) is 7.83. The first kappa shape index (κ1) is 16.0. The molecule has 1 N–H and O–H groups in total. The van der Waals surface area contributed by atoms with Gasteiger partial charge in [0.1, 0.15) is 0 Å². The first-order valence-electron chi connectivity index (χ1n) is 7.73. The summed E-state index contributed by atoms with van der Waals surface area (Å²) in [5.74, 6) is -0.000938. The van der Waals surface area contributed by atoms with Gasteiger partial charge in [0.05, 0.1) is 13.2 Å². The fraction of sp³-hybridized carbons (Fsp3) is 0.588. The Balaban J connectivity index is 1.89. The fourth-order valence-corrected chi connectivity index (χ4v) is 2.57. The normalized spacial score (nSPS) is 16.7. The van der Waals surface area contributed by atoms with Gasteiger partial charge in [0.25, 0.3) is 5.91 Å². The lowest BCUT2D eigenvalue weighted by atomic mass is 10.0. The van der Waals surface area contributed by atoms with Crippen molar-refractivity contribution in [2.24, 2.45) is 0 Å². The molecule has 116 valence electrons. The van der Waals surface area contributed by atoms with Crippen molar-refractivity contribution in [3.05, 3.63) is 35.4 Å². The first-order valence-corrected chi connectivity index (χ1v) is 7.73. The van der Waals surface area contributed by atoms with Crippen molar-refractivity contribution in [3.63, 3.8) is 0 Å². The van der Waals surface area contributed by atoms with Crippen LogP contribution >= 0.6 is 0 Å². The zero-order valence-electron chi connectivity index (χ0n) is 13.3. The van der Waals surface area contributed by atoms with E-state index in [-0.39, 0.29) is 11.4 Å². The van der Waals surface area contributed by atoms with Gasteiger partial charge in [-0.25, -0.2) is 0 Å². The molecule has 21 heavy (non-hydrogen) atoms. The summed E-state index contributed by atoms with van der Waals surface area (Å²) < 4.78 is 5.38. The quantitative estimate of drug-likeness (QED) is 0.903. The number of hydrogen-bond donors (Lipinski definition) is 1. The minimum atomic E-state index is -0.0528. The number of amides is 1. The van der Waals surface area contributed by atoms with Crippen LogP contribution in [0.5, 0.6) is 0 Å². The molecule has 2 rings (SSSR count). The number of nitrogens with zero attached hydrogens (tertiary/aromatic N) is 1. The van der Waals surface area contributed by atoms with Gasteiger partial charge >= 0.3 is 0 Å². The molecule has 0 unspecified atom stereocenters. The SMILES string of the molecule is CCc1ccc(C(=O)NCC(C)(C)N2CCOCC2)cc1. The number of rotatable bonds is 5. The molecule has 1 amide bonds. The van der Waals surface area contributed by atoms with Gasteiger partial charge in [-0.2, -0.15) is 0 Å². The molecule has 1 aromatic rings. The molecule has 1 heterocycles. The van der Waals surface area contributed by atoms with Crippen molar-refractivity contribution in [1.29, 1.82) is 0 Å². The third-order valence-corrected chi connectivity index (χ3v) is 4.17. The summed E-state index contributed by atoms with van der Waals surface area (Å²) >= 11 is 0. The van der Waals surface area contributed by atoms with Crippen LogP contribution in [0.15, 0.2) is 24.3 Å². The van der Waals surface area contributed by atoms with Crippen LogP contribution < -0.4 is 5.32 Å². The monoisotopic (exact) mass is 290 g/mol. The van der Waals surface area contributed by atoms with Crippen LogP contribution in [0.2, 0.25) is 0 Å². The van der Waals surface area contributed by atoms with Crippen LogP contribution in [0.4, 0.5) is 0 Å². The average Bonchev–Trinajstić information content (AvgIpc) is 2.53. The van der Waals surface area contributed by atoms with Crippen LogP contribution in [0.25, 0.3) is 0 Å². The number of nitrogens with one attached hydrogen (secondary N) is 1. The molecule has 1 fully saturated rings. The highest BCUT2D eigenvalue weighted by atomic mass is 16.5. The van der Waals surface area contributed by atoms with E-state index in [1.165, 1.54) is 5.56 Å². The van der Waals surface area contributed by atoms with Gasteiger partial charge in [-0.3, -0.25) is 9.69 Å². The summed E-state index contributed by atoms with van der Waals surface area (Å²) in [5.41, 5.74) is 1.92. The lowest BCUT2D eigenvalue weighted by Crippen LogP contribution is -2.55. The summed E-state index contributed by atoms with van der Waals surface area (Å²) in [5, 5.41) is 3.05. The number of morpholine rings is 1. The maximum absolute atomic E-state index is 12.2. The highest BCUT2D eigenvalue weighted by molar-refractivity contribution is 5.94. The molecule has 0 spiro atoms. The second-order valence-corrected chi connectivity index (χ2v) is 6.15. The van der Waals surface area contributed by atoms with Gasteiger partial charge in [0.2, 0.25) is 0 Å².